The van der Waals surface area contributed by atoms with Gasteiger partial charge < -0.3 is 9.47 Å². The summed E-state index contributed by atoms with van der Waals surface area (Å²) in [4.78, 5) is 23.0. The zero-order valence-electron chi connectivity index (χ0n) is 12.7. The number of hydrogen-bond donors (Lipinski definition) is 0. The highest BCUT2D eigenvalue weighted by Gasteiger charge is 2.08. The van der Waals surface area contributed by atoms with E-state index in [1.807, 2.05) is 12.2 Å². The van der Waals surface area contributed by atoms with Crippen molar-refractivity contribution in [3.8, 4) is 5.75 Å². The molecule has 0 aliphatic carbocycles. The van der Waals surface area contributed by atoms with Crippen molar-refractivity contribution in [2.75, 3.05) is 6.61 Å². The Hall–Kier alpha value is -1.81. The van der Waals surface area contributed by atoms with Crippen molar-refractivity contribution in [1.29, 1.82) is 0 Å². The van der Waals surface area contributed by atoms with Crippen LogP contribution < -0.4 is 4.74 Å². The first-order valence-electron chi connectivity index (χ1n) is 7.38. The third-order valence-corrected chi connectivity index (χ3v) is 2.99. The van der Waals surface area contributed by atoms with E-state index in [9.17, 15) is 9.59 Å². The number of rotatable bonds is 9. The Labute approximate surface area is 136 Å². The average molecular weight is 325 g/mol. The summed E-state index contributed by atoms with van der Waals surface area (Å²) >= 11 is 5.80. The van der Waals surface area contributed by atoms with Crippen molar-refractivity contribution in [2.45, 2.75) is 39.0 Å². The molecule has 1 rings (SSSR count). The molecule has 0 aliphatic heterocycles. The second kappa shape index (κ2) is 10.9. The normalized spacial score (nSPS) is 10.6. The number of carbonyl (C=O) groups is 2. The topological polar surface area (TPSA) is 52.6 Å². The molecule has 4 nitrogen and oxygen atoms in total. The fraction of sp³-hybridized carbons (Fsp3) is 0.412. The molecule has 0 radical (unpaired) electrons. The van der Waals surface area contributed by atoms with Gasteiger partial charge in [-0.1, -0.05) is 43.2 Å². The molecule has 1 aromatic rings. The highest BCUT2D eigenvalue weighted by Crippen LogP contribution is 2.17. The van der Waals surface area contributed by atoms with Gasteiger partial charge in [-0.25, -0.2) is 0 Å². The molecule has 5 heteroatoms. The fourth-order valence-corrected chi connectivity index (χ4v) is 1.84. The van der Waals surface area contributed by atoms with Crippen LogP contribution >= 0.6 is 11.6 Å². The monoisotopic (exact) mass is 324 g/mol. The maximum absolute atomic E-state index is 11.6. The van der Waals surface area contributed by atoms with Crippen LogP contribution in [0.3, 0.4) is 0 Å². The summed E-state index contributed by atoms with van der Waals surface area (Å²) in [5, 5.41) is 0.505. The lowest BCUT2D eigenvalue weighted by molar-refractivity contribution is -0.142. The molecule has 0 fully saturated rings. The van der Waals surface area contributed by atoms with Gasteiger partial charge in [0.15, 0.2) is 0 Å². The Balaban J connectivity index is 2.15. The van der Waals surface area contributed by atoms with Gasteiger partial charge in [0.25, 0.3) is 0 Å². The predicted octanol–water partition coefficient (Wildman–Crippen LogP) is 4.32. The van der Waals surface area contributed by atoms with Crippen molar-refractivity contribution in [3.05, 3.63) is 41.4 Å². The van der Waals surface area contributed by atoms with E-state index in [-0.39, 0.29) is 25.4 Å². The van der Waals surface area contributed by atoms with Gasteiger partial charge >= 0.3 is 11.9 Å². The summed E-state index contributed by atoms with van der Waals surface area (Å²) in [6.45, 7) is 2.37. The minimum Gasteiger partial charge on any atom is -0.461 e. The molecule has 0 aromatic heterocycles. The lowest BCUT2D eigenvalue weighted by Gasteiger charge is -2.04. The third kappa shape index (κ3) is 8.47. The van der Waals surface area contributed by atoms with E-state index in [1.54, 1.807) is 24.3 Å². The largest absolute Gasteiger partial charge is 0.461 e. The quantitative estimate of drug-likeness (QED) is 0.386. The first kappa shape index (κ1) is 18.2. The SMILES string of the molecule is CCC/C=C/COC(=O)CCCC(=O)Oc1cccc(Cl)c1. The number of halogens is 1. The Morgan fingerprint density at radius 2 is 1.95 bits per heavy atom. The standard InChI is InChI=1S/C17H21ClO4/c1-2-3-4-5-12-21-16(19)10-7-11-17(20)22-15-9-6-8-14(18)13-15/h4-6,8-9,13H,2-3,7,10-12H2,1H3/b5-4+. The Kier molecular flexibility index (Phi) is 9.00. The molecular formula is C17H21ClO4. The van der Waals surface area contributed by atoms with Gasteiger partial charge in [0, 0.05) is 17.9 Å². The van der Waals surface area contributed by atoms with Crippen molar-refractivity contribution in [3.63, 3.8) is 0 Å². The first-order chi connectivity index (χ1) is 10.6. The molecule has 0 saturated carbocycles. The van der Waals surface area contributed by atoms with Crippen LogP contribution in [0.1, 0.15) is 39.0 Å². The highest BCUT2D eigenvalue weighted by atomic mass is 35.5. The average Bonchev–Trinajstić information content (AvgIpc) is 2.47. The molecule has 0 saturated heterocycles. The lowest BCUT2D eigenvalue weighted by atomic mass is 10.2. The number of hydrogen-bond acceptors (Lipinski definition) is 4. The highest BCUT2D eigenvalue weighted by molar-refractivity contribution is 6.30. The lowest BCUT2D eigenvalue weighted by Crippen LogP contribution is -2.10. The molecule has 0 heterocycles. The zero-order valence-corrected chi connectivity index (χ0v) is 13.5. The number of unbranched alkanes of at least 4 members (excludes halogenated alkanes) is 1. The molecular weight excluding hydrogens is 304 g/mol. The minimum atomic E-state index is -0.391. The van der Waals surface area contributed by atoms with Gasteiger partial charge in [0.1, 0.15) is 12.4 Å². The Morgan fingerprint density at radius 1 is 1.18 bits per heavy atom. The number of ether oxygens (including phenoxy) is 2. The van der Waals surface area contributed by atoms with Crippen LogP contribution in [0, 0.1) is 0 Å². The number of esters is 2. The molecule has 0 N–H and O–H groups in total. The summed E-state index contributed by atoms with van der Waals surface area (Å²) in [6.07, 6.45) is 6.62. The van der Waals surface area contributed by atoms with Crippen LogP contribution in [-0.2, 0) is 14.3 Å². The van der Waals surface area contributed by atoms with Crippen molar-refractivity contribution in [1.82, 2.24) is 0 Å². The van der Waals surface area contributed by atoms with E-state index < -0.39 is 5.97 Å². The Bertz CT molecular complexity index is 511. The van der Waals surface area contributed by atoms with Crippen molar-refractivity contribution < 1.29 is 19.1 Å². The van der Waals surface area contributed by atoms with Gasteiger partial charge in [-0.3, -0.25) is 9.59 Å². The van der Waals surface area contributed by atoms with Gasteiger partial charge in [-0.15, -0.1) is 0 Å². The van der Waals surface area contributed by atoms with E-state index in [0.29, 0.717) is 17.2 Å². The summed E-state index contributed by atoms with van der Waals surface area (Å²) in [7, 11) is 0. The number of allylic oxidation sites excluding steroid dienone is 1. The maximum Gasteiger partial charge on any atom is 0.311 e. The smallest absolute Gasteiger partial charge is 0.311 e. The number of benzene rings is 1. The molecule has 0 unspecified atom stereocenters. The summed E-state index contributed by atoms with van der Waals surface area (Å²) in [5.74, 6) is -0.296. The summed E-state index contributed by atoms with van der Waals surface area (Å²) < 4.78 is 10.1. The van der Waals surface area contributed by atoms with Gasteiger partial charge in [-0.2, -0.15) is 0 Å². The maximum atomic E-state index is 11.6. The van der Waals surface area contributed by atoms with E-state index >= 15 is 0 Å². The molecule has 0 bridgehead atoms. The molecule has 0 atom stereocenters. The molecule has 0 aliphatic rings. The van der Waals surface area contributed by atoms with E-state index in [2.05, 4.69) is 6.92 Å². The molecule has 0 spiro atoms. The molecule has 22 heavy (non-hydrogen) atoms. The van der Waals surface area contributed by atoms with Crippen LogP contribution in [0.15, 0.2) is 36.4 Å². The first-order valence-corrected chi connectivity index (χ1v) is 7.76. The summed E-state index contributed by atoms with van der Waals surface area (Å²) in [5.41, 5.74) is 0. The van der Waals surface area contributed by atoms with E-state index in [1.165, 1.54) is 0 Å². The van der Waals surface area contributed by atoms with Crippen LogP contribution in [0.25, 0.3) is 0 Å². The van der Waals surface area contributed by atoms with Crippen molar-refractivity contribution in [2.24, 2.45) is 0 Å². The van der Waals surface area contributed by atoms with Gasteiger partial charge in [0.2, 0.25) is 0 Å². The summed E-state index contributed by atoms with van der Waals surface area (Å²) in [6, 6.07) is 6.62. The second-order valence-electron chi connectivity index (χ2n) is 4.73. The molecule has 0 amide bonds. The van der Waals surface area contributed by atoms with Crippen molar-refractivity contribution >= 4 is 23.5 Å². The van der Waals surface area contributed by atoms with Gasteiger partial charge in [0.05, 0.1) is 0 Å². The fourth-order valence-electron chi connectivity index (χ4n) is 1.66. The van der Waals surface area contributed by atoms with E-state index in [0.717, 1.165) is 12.8 Å². The zero-order chi connectivity index (χ0) is 16.2. The third-order valence-electron chi connectivity index (χ3n) is 2.75. The molecule has 120 valence electrons. The van der Waals surface area contributed by atoms with Crippen LogP contribution in [0.4, 0.5) is 0 Å². The number of carbonyl (C=O) groups excluding carboxylic acids is 2. The van der Waals surface area contributed by atoms with E-state index in [4.69, 9.17) is 21.1 Å². The second-order valence-corrected chi connectivity index (χ2v) is 5.16. The Morgan fingerprint density at radius 3 is 2.68 bits per heavy atom. The van der Waals surface area contributed by atoms with Crippen LogP contribution in [-0.4, -0.2) is 18.5 Å². The van der Waals surface area contributed by atoms with Crippen LogP contribution in [0.5, 0.6) is 5.75 Å². The molecule has 1 aromatic carbocycles. The minimum absolute atomic E-state index is 0.160. The van der Waals surface area contributed by atoms with Crippen LogP contribution in [0.2, 0.25) is 5.02 Å². The van der Waals surface area contributed by atoms with Gasteiger partial charge in [-0.05, 0) is 31.0 Å². The predicted molar refractivity (Wildman–Crippen MR) is 85.9 cm³/mol.